The van der Waals surface area contributed by atoms with Crippen molar-refractivity contribution >= 4 is 17.7 Å². The van der Waals surface area contributed by atoms with Crippen molar-refractivity contribution in [1.82, 2.24) is 0 Å². The molecule has 0 aliphatic heterocycles. The molecular formula is C17H17NO5. The van der Waals surface area contributed by atoms with Crippen LogP contribution in [0.2, 0.25) is 0 Å². The SMILES string of the molecule is COc1ccc(COC(=O)N(CC(=O)O)c2ccccc2)cc1. The summed E-state index contributed by atoms with van der Waals surface area (Å²) in [7, 11) is 1.57. The van der Waals surface area contributed by atoms with Gasteiger partial charge in [-0.2, -0.15) is 0 Å². The Morgan fingerprint density at radius 3 is 2.26 bits per heavy atom. The average Bonchev–Trinajstić information content (AvgIpc) is 2.58. The Bertz CT molecular complexity index is 654. The molecule has 0 saturated heterocycles. The maximum atomic E-state index is 12.2. The lowest BCUT2D eigenvalue weighted by atomic mass is 10.2. The Morgan fingerprint density at radius 1 is 1.04 bits per heavy atom. The lowest BCUT2D eigenvalue weighted by molar-refractivity contribution is -0.135. The van der Waals surface area contributed by atoms with E-state index in [2.05, 4.69) is 0 Å². The Morgan fingerprint density at radius 2 is 1.70 bits per heavy atom. The maximum absolute atomic E-state index is 12.2. The molecule has 0 aliphatic carbocycles. The standard InChI is InChI=1S/C17H17NO5/c1-22-15-9-7-13(8-10-15)12-23-17(21)18(11-16(19)20)14-5-3-2-4-6-14/h2-10H,11-12H2,1H3,(H,19,20). The largest absolute Gasteiger partial charge is 0.497 e. The molecule has 1 amide bonds. The molecule has 2 aromatic rings. The van der Waals surface area contributed by atoms with Crippen molar-refractivity contribution in [2.24, 2.45) is 0 Å². The highest BCUT2D eigenvalue weighted by Gasteiger charge is 2.20. The van der Waals surface area contributed by atoms with E-state index in [0.717, 1.165) is 10.5 Å². The zero-order valence-corrected chi connectivity index (χ0v) is 12.6. The van der Waals surface area contributed by atoms with Crippen LogP contribution in [0.15, 0.2) is 54.6 Å². The predicted molar refractivity (Wildman–Crippen MR) is 84.6 cm³/mol. The highest BCUT2D eigenvalue weighted by Crippen LogP contribution is 2.16. The number of amides is 1. The topological polar surface area (TPSA) is 76.1 Å². The van der Waals surface area contributed by atoms with Gasteiger partial charge in [-0.05, 0) is 29.8 Å². The number of rotatable bonds is 6. The zero-order valence-electron chi connectivity index (χ0n) is 12.6. The van der Waals surface area contributed by atoms with Gasteiger partial charge in [0, 0.05) is 5.69 Å². The number of hydrogen-bond donors (Lipinski definition) is 1. The number of methoxy groups -OCH3 is 1. The predicted octanol–water partition coefficient (Wildman–Crippen LogP) is 2.92. The summed E-state index contributed by atoms with van der Waals surface area (Å²) < 4.78 is 10.3. The van der Waals surface area contributed by atoms with E-state index in [1.54, 1.807) is 61.7 Å². The molecule has 6 nitrogen and oxygen atoms in total. The third-order valence-corrected chi connectivity index (χ3v) is 3.10. The summed E-state index contributed by atoms with van der Waals surface area (Å²) in [6.45, 7) is -0.419. The molecule has 1 N–H and O–H groups in total. The Labute approximate surface area is 133 Å². The molecule has 0 bridgehead atoms. The van der Waals surface area contributed by atoms with Crippen LogP contribution < -0.4 is 9.64 Å². The lowest BCUT2D eigenvalue weighted by Gasteiger charge is -2.20. The second-order valence-electron chi connectivity index (χ2n) is 4.72. The zero-order chi connectivity index (χ0) is 16.7. The van der Waals surface area contributed by atoms with E-state index >= 15 is 0 Å². The minimum atomic E-state index is -1.12. The van der Waals surface area contributed by atoms with Gasteiger partial charge < -0.3 is 14.6 Å². The maximum Gasteiger partial charge on any atom is 0.415 e. The molecule has 23 heavy (non-hydrogen) atoms. The van der Waals surface area contributed by atoms with E-state index in [4.69, 9.17) is 14.6 Å². The molecule has 0 saturated carbocycles. The van der Waals surface area contributed by atoms with E-state index < -0.39 is 18.6 Å². The highest BCUT2D eigenvalue weighted by atomic mass is 16.6. The molecule has 0 unspecified atom stereocenters. The summed E-state index contributed by atoms with van der Waals surface area (Å²) in [6.07, 6.45) is -0.714. The number of nitrogens with zero attached hydrogens (tertiary/aromatic N) is 1. The van der Waals surface area contributed by atoms with Crippen LogP contribution in [-0.2, 0) is 16.1 Å². The molecule has 6 heteroatoms. The fourth-order valence-corrected chi connectivity index (χ4v) is 1.95. The second-order valence-corrected chi connectivity index (χ2v) is 4.72. The van der Waals surface area contributed by atoms with Crippen molar-refractivity contribution in [3.63, 3.8) is 0 Å². The van der Waals surface area contributed by atoms with Gasteiger partial charge in [-0.3, -0.25) is 9.69 Å². The minimum absolute atomic E-state index is 0.0474. The number of benzene rings is 2. The number of carboxylic acid groups (broad SMARTS) is 1. The van der Waals surface area contributed by atoms with Gasteiger partial charge in [0.15, 0.2) is 0 Å². The van der Waals surface area contributed by atoms with E-state index in [1.807, 2.05) is 0 Å². The van der Waals surface area contributed by atoms with Gasteiger partial charge in [0.2, 0.25) is 0 Å². The van der Waals surface area contributed by atoms with Crippen molar-refractivity contribution in [3.05, 3.63) is 60.2 Å². The number of hydrogen-bond acceptors (Lipinski definition) is 4. The van der Waals surface area contributed by atoms with Crippen molar-refractivity contribution in [2.45, 2.75) is 6.61 Å². The first-order valence-electron chi connectivity index (χ1n) is 6.94. The molecule has 0 atom stereocenters. The molecule has 0 radical (unpaired) electrons. The summed E-state index contributed by atoms with van der Waals surface area (Å²) in [5.41, 5.74) is 1.25. The number of carboxylic acids is 1. The van der Waals surface area contributed by atoms with Crippen LogP contribution in [0.3, 0.4) is 0 Å². The minimum Gasteiger partial charge on any atom is -0.497 e. The van der Waals surface area contributed by atoms with Gasteiger partial charge in [0.1, 0.15) is 18.9 Å². The Kier molecular flexibility index (Phi) is 5.57. The van der Waals surface area contributed by atoms with E-state index in [-0.39, 0.29) is 6.61 Å². The van der Waals surface area contributed by atoms with Gasteiger partial charge in [0.25, 0.3) is 0 Å². The number of ether oxygens (including phenoxy) is 2. The van der Waals surface area contributed by atoms with Crippen LogP contribution in [0.1, 0.15) is 5.56 Å². The molecule has 2 aromatic carbocycles. The second kappa shape index (κ2) is 7.84. The van der Waals surface area contributed by atoms with E-state index in [1.165, 1.54) is 0 Å². The summed E-state index contributed by atoms with van der Waals surface area (Å²) in [5, 5.41) is 8.97. The molecular weight excluding hydrogens is 298 g/mol. The fraction of sp³-hybridized carbons (Fsp3) is 0.176. The van der Waals surface area contributed by atoms with E-state index in [0.29, 0.717) is 11.4 Å². The first kappa shape index (κ1) is 16.4. The van der Waals surface area contributed by atoms with Gasteiger partial charge in [0.05, 0.1) is 7.11 Å². The summed E-state index contributed by atoms with van der Waals surface area (Å²) >= 11 is 0. The first-order chi connectivity index (χ1) is 11.1. The van der Waals surface area contributed by atoms with Gasteiger partial charge in [-0.25, -0.2) is 4.79 Å². The van der Waals surface area contributed by atoms with Gasteiger partial charge in [-0.1, -0.05) is 30.3 Å². The average molecular weight is 315 g/mol. The van der Waals surface area contributed by atoms with Crippen LogP contribution in [0.5, 0.6) is 5.75 Å². The van der Waals surface area contributed by atoms with Crippen molar-refractivity contribution in [1.29, 1.82) is 0 Å². The number of para-hydroxylation sites is 1. The molecule has 0 fully saturated rings. The number of anilines is 1. The van der Waals surface area contributed by atoms with Crippen molar-refractivity contribution in [3.8, 4) is 5.75 Å². The third-order valence-electron chi connectivity index (χ3n) is 3.10. The monoisotopic (exact) mass is 315 g/mol. The molecule has 0 aliphatic rings. The smallest absolute Gasteiger partial charge is 0.415 e. The van der Waals surface area contributed by atoms with Crippen molar-refractivity contribution in [2.75, 3.05) is 18.6 Å². The molecule has 0 heterocycles. The highest BCUT2D eigenvalue weighted by molar-refractivity contribution is 5.92. The molecule has 0 spiro atoms. The van der Waals surface area contributed by atoms with Crippen LogP contribution >= 0.6 is 0 Å². The summed E-state index contributed by atoms with van der Waals surface area (Å²) in [6, 6.07) is 15.6. The Hall–Kier alpha value is -3.02. The number of carbonyl (C=O) groups excluding carboxylic acids is 1. The quantitative estimate of drug-likeness (QED) is 0.887. The Balaban J connectivity index is 2.03. The number of carbonyl (C=O) groups is 2. The van der Waals surface area contributed by atoms with Gasteiger partial charge in [-0.15, -0.1) is 0 Å². The van der Waals surface area contributed by atoms with Crippen LogP contribution in [0.25, 0.3) is 0 Å². The fourth-order valence-electron chi connectivity index (χ4n) is 1.95. The van der Waals surface area contributed by atoms with E-state index in [9.17, 15) is 9.59 Å². The molecule has 120 valence electrons. The molecule has 0 aromatic heterocycles. The van der Waals surface area contributed by atoms with Crippen LogP contribution in [0.4, 0.5) is 10.5 Å². The third kappa shape index (κ3) is 4.74. The van der Waals surface area contributed by atoms with Crippen molar-refractivity contribution < 1.29 is 24.2 Å². The lowest BCUT2D eigenvalue weighted by Crippen LogP contribution is -2.36. The van der Waals surface area contributed by atoms with Gasteiger partial charge >= 0.3 is 12.1 Å². The van der Waals surface area contributed by atoms with Crippen LogP contribution in [-0.4, -0.2) is 30.8 Å². The molecule has 2 rings (SSSR count). The summed E-state index contributed by atoms with van der Waals surface area (Å²) in [5.74, 6) is -0.410. The first-order valence-corrected chi connectivity index (χ1v) is 6.94. The summed E-state index contributed by atoms with van der Waals surface area (Å²) in [4.78, 5) is 24.2. The van der Waals surface area contributed by atoms with Crippen LogP contribution in [0, 0.1) is 0 Å². The normalized spacial score (nSPS) is 9.96. The number of aliphatic carboxylic acids is 1.